The number of benzene rings is 1. The lowest BCUT2D eigenvalue weighted by atomic mass is 10.2. The smallest absolute Gasteiger partial charge is 0.267 e. The number of para-hydroxylation sites is 1. The number of amides is 1. The second-order valence-electron chi connectivity index (χ2n) is 5.31. The van der Waals surface area contributed by atoms with Gasteiger partial charge in [0.1, 0.15) is 5.69 Å². The summed E-state index contributed by atoms with van der Waals surface area (Å²) in [5.74, 6) is 1.06. The molecule has 1 amide bonds. The number of aryl methyl sites for hydroxylation is 1. The molecule has 3 aromatic rings. The highest BCUT2D eigenvalue weighted by Crippen LogP contribution is 2.34. The Labute approximate surface area is 137 Å². The minimum atomic E-state index is 0.0330. The van der Waals surface area contributed by atoms with Crippen LogP contribution in [0.2, 0.25) is 0 Å². The number of thioether (sulfide) groups is 1. The van der Waals surface area contributed by atoms with Gasteiger partial charge in [0.05, 0.1) is 5.52 Å². The van der Waals surface area contributed by atoms with E-state index in [0.717, 1.165) is 29.8 Å². The fraction of sp³-hybridized carbons (Fsp3) is 0.235. The molecule has 5 heteroatoms. The molecule has 0 saturated heterocycles. The first kappa shape index (κ1) is 13.9. The van der Waals surface area contributed by atoms with E-state index in [-0.39, 0.29) is 5.91 Å². The van der Waals surface area contributed by atoms with Crippen molar-refractivity contribution in [3.05, 3.63) is 52.3 Å². The predicted octanol–water partition coefficient (Wildman–Crippen LogP) is 3.78. The van der Waals surface area contributed by atoms with Crippen molar-refractivity contribution in [2.24, 2.45) is 0 Å². The Bertz CT molecular complexity index is 821. The molecule has 0 atom stereocenters. The summed E-state index contributed by atoms with van der Waals surface area (Å²) in [7, 11) is 0. The molecule has 3 nitrogen and oxygen atoms in total. The van der Waals surface area contributed by atoms with Gasteiger partial charge in [-0.3, -0.25) is 4.79 Å². The van der Waals surface area contributed by atoms with Crippen molar-refractivity contribution in [3.8, 4) is 0 Å². The zero-order valence-electron chi connectivity index (χ0n) is 12.0. The van der Waals surface area contributed by atoms with Crippen LogP contribution in [0.3, 0.4) is 0 Å². The molecule has 1 aliphatic heterocycles. The van der Waals surface area contributed by atoms with Gasteiger partial charge in [0.25, 0.3) is 5.91 Å². The summed E-state index contributed by atoms with van der Waals surface area (Å²) in [6.07, 6.45) is 0.894. The van der Waals surface area contributed by atoms with E-state index in [0.29, 0.717) is 6.54 Å². The van der Waals surface area contributed by atoms with Crippen molar-refractivity contribution in [1.82, 2.24) is 9.88 Å². The first-order valence-corrected chi connectivity index (χ1v) is 9.25. The standard InChI is InChI=1S/C17H16N2OS2/c20-17(18-7-6-13-4-2-9-21-13)14-11-12-3-1-5-15-16(12)19(14)8-10-22-15/h1-5,9,11H,6-8,10H2,(H,18,20). The zero-order chi connectivity index (χ0) is 14.9. The summed E-state index contributed by atoms with van der Waals surface area (Å²) in [4.78, 5) is 15.1. The second kappa shape index (κ2) is 5.82. The molecule has 0 aliphatic carbocycles. The molecule has 0 bridgehead atoms. The number of hydrogen-bond donors (Lipinski definition) is 1. The quantitative estimate of drug-likeness (QED) is 0.791. The van der Waals surface area contributed by atoms with Gasteiger partial charge in [-0.2, -0.15) is 0 Å². The molecule has 1 aromatic carbocycles. The van der Waals surface area contributed by atoms with Crippen molar-refractivity contribution in [2.75, 3.05) is 12.3 Å². The molecule has 0 saturated carbocycles. The van der Waals surface area contributed by atoms with E-state index in [2.05, 4.69) is 39.5 Å². The van der Waals surface area contributed by atoms with Crippen LogP contribution < -0.4 is 5.32 Å². The van der Waals surface area contributed by atoms with Crippen LogP contribution in [0.5, 0.6) is 0 Å². The Morgan fingerprint density at radius 1 is 1.27 bits per heavy atom. The number of carbonyl (C=O) groups excluding carboxylic acids is 1. The van der Waals surface area contributed by atoms with Gasteiger partial charge in [-0.1, -0.05) is 18.2 Å². The third-order valence-corrected chi connectivity index (χ3v) is 5.89. The Kier molecular flexibility index (Phi) is 3.68. The Balaban J connectivity index is 1.56. The maximum absolute atomic E-state index is 12.5. The lowest BCUT2D eigenvalue weighted by Crippen LogP contribution is -2.28. The Hall–Kier alpha value is -1.72. The molecular weight excluding hydrogens is 312 g/mol. The van der Waals surface area contributed by atoms with E-state index >= 15 is 0 Å². The van der Waals surface area contributed by atoms with E-state index in [1.807, 2.05) is 23.9 Å². The number of carbonyl (C=O) groups is 1. The zero-order valence-corrected chi connectivity index (χ0v) is 13.7. The number of aromatic nitrogens is 1. The molecule has 22 heavy (non-hydrogen) atoms. The highest BCUT2D eigenvalue weighted by atomic mass is 32.2. The third kappa shape index (κ3) is 2.44. The summed E-state index contributed by atoms with van der Waals surface area (Å²) in [5, 5.41) is 6.29. The molecule has 0 fully saturated rings. The van der Waals surface area contributed by atoms with Crippen LogP contribution >= 0.6 is 23.1 Å². The van der Waals surface area contributed by atoms with Gasteiger partial charge in [0.15, 0.2) is 0 Å². The van der Waals surface area contributed by atoms with Crippen LogP contribution in [0, 0.1) is 0 Å². The topological polar surface area (TPSA) is 34.0 Å². The average Bonchev–Trinajstić information content (AvgIpc) is 3.17. The van der Waals surface area contributed by atoms with Crippen molar-refractivity contribution >= 4 is 39.9 Å². The SMILES string of the molecule is O=C(NCCc1cccs1)c1cc2cccc3c2n1CCS3. The van der Waals surface area contributed by atoms with Crippen molar-refractivity contribution in [2.45, 2.75) is 17.9 Å². The van der Waals surface area contributed by atoms with Gasteiger partial charge < -0.3 is 9.88 Å². The molecule has 2 aromatic heterocycles. The largest absolute Gasteiger partial charge is 0.350 e. The van der Waals surface area contributed by atoms with Gasteiger partial charge in [0, 0.05) is 34.0 Å². The first-order chi connectivity index (χ1) is 10.8. The van der Waals surface area contributed by atoms with E-state index in [9.17, 15) is 4.79 Å². The number of hydrogen-bond acceptors (Lipinski definition) is 3. The maximum atomic E-state index is 12.5. The van der Waals surface area contributed by atoms with Gasteiger partial charge in [-0.25, -0.2) is 0 Å². The van der Waals surface area contributed by atoms with Crippen molar-refractivity contribution in [1.29, 1.82) is 0 Å². The minimum Gasteiger partial charge on any atom is -0.350 e. The van der Waals surface area contributed by atoms with Gasteiger partial charge in [0.2, 0.25) is 0 Å². The Morgan fingerprint density at radius 3 is 3.09 bits per heavy atom. The normalized spacial score (nSPS) is 13.5. The molecule has 0 unspecified atom stereocenters. The fourth-order valence-corrected chi connectivity index (χ4v) is 4.66. The summed E-state index contributed by atoms with van der Waals surface area (Å²) < 4.78 is 2.17. The summed E-state index contributed by atoms with van der Waals surface area (Å²) in [6.45, 7) is 1.58. The summed E-state index contributed by atoms with van der Waals surface area (Å²) >= 11 is 3.60. The average molecular weight is 328 g/mol. The molecule has 0 radical (unpaired) electrons. The summed E-state index contributed by atoms with van der Waals surface area (Å²) in [5.41, 5.74) is 2.00. The van der Waals surface area contributed by atoms with E-state index < -0.39 is 0 Å². The molecule has 1 N–H and O–H groups in total. The molecule has 112 valence electrons. The predicted molar refractivity (Wildman–Crippen MR) is 93.0 cm³/mol. The number of rotatable bonds is 4. The van der Waals surface area contributed by atoms with Gasteiger partial charge >= 0.3 is 0 Å². The monoisotopic (exact) mass is 328 g/mol. The molecule has 4 rings (SSSR count). The van der Waals surface area contributed by atoms with Crippen molar-refractivity contribution in [3.63, 3.8) is 0 Å². The van der Waals surface area contributed by atoms with Gasteiger partial charge in [-0.05, 0) is 30.0 Å². The van der Waals surface area contributed by atoms with Crippen LogP contribution in [0.15, 0.2) is 46.7 Å². The lowest BCUT2D eigenvalue weighted by molar-refractivity contribution is 0.0945. The fourth-order valence-electron chi connectivity index (χ4n) is 2.92. The van der Waals surface area contributed by atoms with Crippen LogP contribution in [0.1, 0.15) is 15.4 Å². The molecule has 1 aliphatic rings. The van der Waals surface area contributed by atoms with E-state index in [1.165, 1.54) is 15.3 Å². The summed E-state index contributed by atoms with van der Waals surface area (Å²) in [6, 6.07) is 12.5. The highest BCUT2D eigenvalue weighted by Gasteiger charge is 2.20. The van der Waals surface area contributed by atoms with Crippen LogP contribution in [-0.2, 0) is 13.0 Å². The van der Waals surface area contributed by atoms with Crippen LogP contribution in [-0.4, -0.2) is 22.8 Å². The minimum absolute atomic E-state index is 0.0330. The second-order valence-corrected chi connectivity index (χ2v) is 7.48. The number of nitrogens with one attached hydrogen (secondary N) is 1. The van der Waals surface area contributed by atoms with Gasteiger partial charge in [-0.15, -0.1) is 23.1 Å². The number of thiophene rings is 1. The van der Waals surface area contributed by atoms with E-state index in [4.69, 9.17) is 0 Å². The van der Waals surface area contributed by atoms with Crippen LogP contribution in [0.25, 0.3) is 10.9 Å². The van der Waals surface area contributed by atoms with Crippen molar-refractivity contribution < 1.29 is 4.79 Å². The molecule has 0 spiro atoms. The molecular formula is C17H16N2OS2. The van der Waals surface area contributed by atoms with Crippen LogP contribution in [0.4, 0.5) is 0 Å². The first-order valence-electron chi connectivity index (χ1n) is 7.38. The highest BCUT2D eigenvalue weighted by molar-refractivity contribution is 7.99. The lowest BCUT2D eigenvalue weighted by Gasteiger charge is -2.17. The third-order valence-electron chi connectivity index (χ3n) is 3.93. The van der Waals surface area contributed by atoms with E-state index in [1.54, 1.807) is 11.3 Å². The molecule has 3 heterocycles. The maximum Gasteiger partial charge on any atom is 0.267 e. The Morgan fingerprint density at radius 2 is 2.23 bits per heavy atom. The number of nitrogens with zero attached hydrogens (tertiary/aromatic N) is 1.